The van der Waals surface area contributed by atoms with E-state index < -0.39 is 18.1 Å². The summed E-state index contributed by atoms with van der Waals surface area (Å²) in [6, 6.07) is -0.853. The van der Waals surface area contributed by atoms with Gasteiger partial charge in [-0.05, 0) is 13.8 Å². The van der Waals surface area contributed by atoms with Crippen LogP contribution in [0.2, 0.25) is 0 Å². The molecule has 0 aliphatic rings. The van der Waals surface area contributed by atoms with Crippen LogP contribution in [-0.4, -0.2) is 43.0 Å². The average Bonchev–Trinajstić information content (AvgIpc) is 2.18. The molecule has 0 aliphatic carbocycles. The van der Waals surface area contributed by atoms with Gasteiger partial charge < -0.3 is 19.9 Å². The molecule has 0 spiro atoms. The van der Waals surface area contributed by atoms with Crippen LogP contribution in [0, 0.1) is 0 Å². The summed E-state index contributed by atoms with van der Waals surface area (Å²) in [7, 11) is 0. The van der Waals surface area contributed by atoms with Crippen molar-refractivity contribution in [2.24, 2.45) is 0 Å². The second-order valence-electron chi connectivity index (χ2n) is 2.68. The van der Waals surface area contributed by atoms with Crippen molar-refractivity contribution in [2.45, 2.75) is 26.3 Å². The molecule has 0 unspecified atom stereocenters. The van der Waals surface area contributed by atoms with Gasteiger partial charge in [-0.15, -0.1) is 0 Å². The van der Waals surface area contributed by atoms with Crippen LogP contribution in [0.4, 0.5) is 4.79 Å². The van der Waals surface area contributed by atoms with E-state index in [-0.39, 0.29) is 26.2 Å². The highest BCUT2D eigenvalue weighted by atomic mass is 16.6. The predicted octanol–water partition coefficient (Wildman–Crippen LogP) is 0.0466. The van der Waals surface area contributed by atoms with E-state index in [1.807, 2.05) is 0 Å². The molecule has 2 N–H and O–H groups in total. The lowest BCUT2D eigenvalue weighted by Crippen LogP contribution is -2.42. The minimum Gasteiger partial charge on any atom is -0.464 e. The third-order valence-corrected chi connectivity index (χ3v) is 1.56. The summed E-state index contributed by atoms with van der Waals surface area (Å²) < 4.78 is 9.32. The Labute approximate surface area is 88.6 Å². The number of esters is 1. The quantitative estimate of drug-likeness (QED) is 0.616. The van der Waals surface area contributed by atoms with Crippen molar-refractivity contribution >= 4 is 12.1 Å². The van der Waals surface area contributed by atoms with Crippen LogP contribution >= 0.6 is 0 Å². The van der Waals surface area contributed by atoms with Gasteiger partial charge in [-0.25, -0.2) is 9.59 Å². The maximum atomic E-state index is 11.3. The number of ether oxygens (including phenoxy) is 2. The number of carbonyl (C=O) groups is 2. The Kier molecular flexibility index (Phi) is 7.35. The summed E-state index contributed by atoms with van der Waals surface area (Å²) in [5.41, 5.74) is 0. The molecule has 0 bridgehead atoms. The zero-order valence-corrected chi connectivity index (χ0v) is 8.99. The minimum absolute atomic E-state index is 0.109. The summed E-state index contributed by atoms with van der Waals surface area (Å²) in [5, 5.41) is 11.0. The topological polar surface area (TPSA) is 84.9 Å². The van der Waals surface area contributed by atoms with E-state index in [1.165, 1.54) is 0 Å². The van der Waals surface area contributed by atoms with Gasteiger partial charge >= 0.3 is 12.1 Å². The van der Waals surface area contributed by atoms with Crippen LogP contribution in [0.1, 0.15) is 20.3 Å². The van der Waals surface area contributed by atoms with E-state index >= 15 is 0 Å². The van der Waals surface area contributed by atoms with Crippen molar-refractivity contribution in [3.05, 3.63) is 0 Å². The summed E-state index contributed by atoms with van der Waals surface area (Å²) in [6.07, 6.45) is -0.582. The highest BCUT2D eigenvalue weighted by molar-refractivity contribution is 5.81. The Morgan fingerprint density at radius 1 is 1.27 bits per heavy atom. The lowest BCUT2D eigenvalue weighted by atomic mass is 10.2. The molecule has 0 saturated heterocycles. The van der Waals surface area contributed by atoms with Crippen LogP contribution in [-0.2, 0) is 14.3 Å². The maximum Gasteiger partial charge on any atom is 0.407 e. The number of carbonyl (C=O) groups excluding carboxylic acids is 2. The van der Waals surface area contributed by atoms with Crippen molar-refractivity contribution < 1.29 is 24.2 Å². The van der Waals surface area contributed by atoms with Crippen molar-refractivity contribution in [2.75, 3.05) is 19.8 Å². The molecule has 1 amide bonds. The normalized spacial score (nSPS) is 11.7. The third kappa shape index (κ3) is 5.90. The molecule has 1 atom stereocenters. The number of aliphatic hydroxyl groups excluding tert-OH is 1. The fraction of sp³-hybridized carbons (Fsp3) is 0.778. The van der Waals surface area contributed by atoms with E-state index in [9.17, 15) is 9.59 Å². The standard InChI is InChI=1S/C9H17NO5/c1-3-14-8(12)7(5-6-11)10-9(13)15-4-2/h7,11H,3-6H2,1-2H3,(H,10,13)/t7-/m0/s1. The largest absolute Gasteiger partial charge is 0.464 e. The Bertz CT molecular complexity index is 207. The molecule has 0 aromatic rings. The molecule has 0 radical (unpaired) electrons. The molecule has 88 valence electrons. The van der Waals surface area contributed by atoms with Gasteiger partial charge in [0.15, 0.2) is 0 Å². The molecular weight excluding hydrogens is 202 g/mol. The van der Waals surface area contributed by atoms with Crippen molar-refractivity contribution in [1.82, 2.24) is 5.32 Å². The van der Waals surface area contributed by atoms with E-state index in [0.717, 1.165) is 0 Å². The van der Waals surface area contributed by atoms with Crippen molar-refractivity contribution in [3.63, 3.8) is 0 Å². The molecule has 6 heteroatoms. The van der Waals surface area contributed by atoms with Crippen LogP contribution in [0.25, 0.3) is 0 Å². The summed E-state index contributed by atoms with van der Waals surface area (Å²) in [4.78, 5) is 22.3. The maximum absolute atomic E-state index is 11.3. The van der Waals surface area contributed by atoms with Gasteiger partial charge in [0.1, 0.15) is 6.04 Å². The number of amides is 1. The molecule has 0 aliphatic heterocycles. The average molecular weight is 219 g/mol. The van der Waals surface area contributed by atoms with Crippen LogP contribution in [0.5, 0.6) is 0 Å². The predicted molar refractivity (Wildman–Crippen MR) is 52.3 cm³/mol. The summed E-state index contributed by atoms with van der Waals surface area (Å²) in [5.74, 6) is -0.570. The zero-order chi connectivity index (χ0) is 11.7. The first-order valence-corrected chi connectivity index (χ1v) is 4.86. The fourth-order valence-corrected chi connectivity index (χ4v) is 0.936. The second-order valence-corrected chi connectivity index (χ2v) is 2.68. The number of rotatable bonds is 6. The highest BCUT2D eigenvalue weighted by Crippen LogP contribution is 1.96. The monoisotopic (exact) mass is 219 g/mol. The van der Waals surface area contributed by atoms with E-state index in [1.54, 1.807) is 13.8 Å². The van der Waals surface area contributed by atoms with Gasteiger partial charge in [-0.2, -0.15) is 0 Å². The van der Waals surface area contributed by atoms with Gasteiger partial charge in [0.05, 0.1) is 13.2 Å². The van der Waals surface area contributed by atoms with Gasteiger partial charge in [-0.1, -0.05) is 0 Å². The number of aliphatic hydroxyl groups is 1. The molecule has 0 aromatic heterocycles. The van der Waals surface area contributed by atoms with Crippen molar-refractivity contribution in [3.8, 4) is 0 Å². The Hall–Kier alpha value is -1.30. The summed E-state index contributed by atoms with van der Waals surface area (Å²) >= 11 is 0. The molecule has 6 nitrogen and oxygen atoms in total. The van der Waals surface area contributed by atoms with Crippen LogP contribution in [0.3, 0.4) is 0 Å². The first-order chi connectivity index (χ1) is 7.15. The molecule has 15 heavy (non-hydrogen) atoms. The van der Waals surface area contributed by atoms with E-state index in [0.29, 0.717) is 0 Å². The van der Waals surface area contributed by atoms with Crippen LogP contribution in [0.15, 0.2) is 0 Å². The first kappa shape index (κ1) is 13.7. The molecule has 0 rings (SSSR count). The summed E-state index contributed by atoms with van der Waals surface area (Å²) in [6.45, 7) is 3.56. The second kappa shape index (κ2) is 8.05. The number of alkyl carbamates (subject to hydrolysis) is 1. The highest BCUT2D eigenvalue weighted by Gasteiger charge is 2.21. The lowest BCUT2D eigenvalue weighted by molar-refractivity contribution is -0.145. The van der Waals surface area contributed by atoms with Crippen molar-refractivity contribution in [1.29, 1.82) is 0 Å². The number of hydrogen-bond acceptors (Lipinski definition) is 5. The van der Waals surface area contributed by atoms with E-state index in [4.69, 9.17) is 9.84 Å². The Morgan fingerprint density at radius 3 is 2.33 bits per heavy atom. The fourth-order valence-electron chi connectivity index (χ4n) is 0.936. The smallest absolute Gasteiger partial charge is 0.407 e. The minimum atomic E-state index is -0.853. The first-order valence-electron chi connectivity index (χ1n) is 4.86. The molecular formula is C9H17NO5. The number of hydrogen-bond donors (Lipinski definition) is 2. The molecule has 0 fully saturated rings. The SMILES string of the molecule is CCOC(=O)N[C@@H](CCO)C(=O)OCC. The Morgan fingerprint density at radius 2 is 1.87 bits per heavy atom. The van der Waals surface area contributed by atoms with Crippen LogP contribution < -0.4 is 5.32 Å². The number of nitrogens with one attached hydrogen (secondary N) is 1. The molecule has 0 aromatic carbocycles. The lowest BCUT2D eigenvalue weighted by Gasteiger charge is -2.15. The molecule has 0 heterocycles. The van der Waals surface area contributed by atoms with Gasteiger partial charge in [0, 0.05) is 13.0 Å². The van der Waals surface area contributed by atoms with Gasteiger partial charge in [0.25, 0.3) is 0 Å². The zero-order valence-electron chi connectivity index (χ0n) is 8.99. The van der Waals surface area contributed by atoms with E-state index in [2.05, 4.69) is 10.1 Å². The van der Waals surface area contributed by atoms with Gasteiger partial charge in [0.2, 0.25) is 0 Å². The third-order valence-electron chi connectivity index (χ3n) is 1.56. The van der Waals surface area contributed by atoms with Gasteiger partial charge in [-0.3, -0.25) is 0 Å². The Balaban J connectivity index is 4.13. The molecule has 0 saturated carbocycles.